The Balaban J connectivity index is 2.34. The summed E-state index contributed by atoms with van der Waals surface area (Å²) in [6.07, 6.45) is 0. The molecule has 2 aromatic rings. The lowest BCUT2D eigenvalue weighted by Crippen LogP contribution is -2.11. The third-order valence-electron chi connectivity index (χ3n) is 2.62. The van der Waals surface area contributed by atoms with E-state index in [2.05, 4.69) is 5.32 Å². The van der Waals surface area contributed by atoms with Crippen molar-refractivity contribution in [2.75, 3.05) is 12.4 Å². The van der Waals surface area contributed by atoms with Crippen LogP contribution in [0.25, 0.3) is 0 Å². The number of hydrogen-bond acceptors (Lipinski definition) is 3. The van der Waals surface area contributed by atoms with Gasteiger partial charge in [-0.25, -0.2) is 0 Å². The van der Waals surface area contributed by atoms with E-state index in [1.807, 2.05) is 36.4 Å². The monoisotopic (exact) mass is 292 g/mol. The van der Waals surface area contributed by atoms with Crippen molar-refractivity contribution in [2.45, 2.75) is 0 Å². The lowest BCUT2D eigenvalue weighted by atomic mass is 10.1. The maximum absolute atomic E-state index is 5.99. The van der Waals surface area contributed by atoms with Gasteiger partial charge in [-0.3, -0.25) is 0 Å². The first-order valence-electron chi connectivity index (χ1n) is 5.61. The third-order valence-corrected chi connectivity index (χ3v) is 3.15. The van der Waals surface area contributed by atoms with Gasteiger partial charge in [-0.05, 0) is 24.3 Å². The fourth-order valence-corrected chi connectivity index (χ4v) is 2.07. The van der Waals surface area contributed by atoms with Crippen molar-refractivity contribution >= 4 is 40.2 Å². The zero-order chi connectivity index (χ0) is 13.8. The molecular formula is C14H13ClN2OS. The number of anilines is 2. The highest BCUT2D eigenvalue weighted by Gasteiger charge is 2.06. The number of methoxy groups -OCH3 is 1. The van der Waals surface area contributed by atoms with Crippen LogP contribution in [-0.4, -0.2) is 12.1 Å². The molecule has 0 aliphatic carbocycles. The van der Waals surface area contributed by atoms with Gasteiger partial charge in [-0.2, -0.15) is 0 Å². The Morgan fingerprint density at radius 1 is 1.26 bits per heavy atom. The highest BCUT2D eigenvalue weighted by Crippen LogP contribution is 2.29. The van der Waals surface area contributed by atoms with Gasteiger partial charge in [0.25, 0.3) is 0 Å². The summed E-state index contributed by atoms with van der Waals surface area (Å²) < 4.78 is 5.18. The summed E-state index contributed by atoms with van der Waals surface area (Å²) in [7, 11) is 1.58. The highest BCUT2D eigenvalue weighted by atomic mass is 35.5. The van der Waals surface area contributed by atoms with Crippen LogP contribution in [0.5, 0.6) is 5.75 Å². The fraction of sp³-hybridized carbons (Fsp3) is 0.0714. The average Bonchev–Trinajstić information content (AvgIpc) is 2.41. The lowest BCUT2D eigenvalue weighted by molar-refractivity contribution is 0.415. The molecule has 19 heavy (non-hydrogen) atoms. The molecule has 0 atom stereocenters. The topological polar surface area (TPSA) is 47.3 Å². The number of nitrogens with two attached hydrogens (primary N) is 1. The van der Waals surface area contributed by atoms with Crippen LogP contribution in [0.3, 0.4) is 0 Å². The van der Waals surface area contributed by atoms with E-state index < -0.39 is 0 Å². The summed E-state index contributed by atoms with van der Waals surface area (Å²) in [6, 6.07) is 13.0. The van der Waals surface area contributed by atoms with Gasteiger partial charge >= 0.3 is 0 Å². The van der Waals surface area contributed by atoms with E-state index in [0.717, 1.165) is 16.9 Å². The summed E-state index contributed by atoms with van der Waals surface area (Å²) >= 11 is 11.0. The zero-order valence-corrected chi connectivity index (χ0v) is 11.9. The van der Waals surface area contributed by atoms with Crippen molar-refractivity contribution < 1.29 is 4.74 Å². The Kier molecular flexibility index (Phi) is 4.24. The maximum atomic E-state index is 5.99. The van der Waals surface area contributed by atoms with E-state index >= 15 is 0 Å². The largest absolute Gasteiger partial charge is 0.495 e. The molecule has 98 valence electrons. The Morgan fingerprint density at radius 3 is 2.68 bits per heavy atom. The van der Waals surface area contributed by atoms with Crippen LogP contribution in [-0.2, 0) is 0 Å². The molecule has 3 N–H and O–H groups in total. The van der Waals surface area contributed by atoms with Gasteiger partial charge in [0.05, 0.1) is 12.1 Å². The third kappa shape index (κ3) is 3.16. The molecule has 0 radical (unpaired) electrons. The van der Waals surface area contributed by atoms with Crippen molar-refractivity contribution in [3.8, 4) is 5.75 Å². The molecule has 0 heterocycles. The molecule has 2 rings (SSSR count). The fourth-order valence-electron chi connectivity index (χ4n) is 1.70. The summed E-state index contributed by atoms with van der Waals surface area (Å²) in [5.74, 6) is 0.611. The van der Waals surface area contributed by atoms with Gasteiger partial charge in [0.15, 0.2) is 0 Å². The van der Waals surface area contributed by atoms with E-state index in [1.54, 1.807) is 13.2 Å². The predicted octanol–water partition coefficient (Wildman–Crippen LogP) is 3.73. The lowest BCUT2D eigenvalue weighted by Gasteiger charge is -2.12. The smallest absolute Gasteiger partial charge is 0.139 e. The molecule has 0 bridgehead atoms. The van der Waals surface area contributed by atoms with E-state index in [1.165, 1.54) is 0 Å². The number of rotatable bonds is 4. The molecule has 0 unspecified atom stereocenters. The summed E-state index contributed by atoms with van der Waals surface area (Å²) in [5, 5.41) is 3.82. The normalized spacial score (nSPS) is 10.0. The van der Waals surface area contributed by atoms with Crippen LogP contribution in [0.2, 0.25) is 5.02 Å². The molecule has 5 heteroatoms. The Morgan fingerprint density at radius 2 is 2.00 bits per heavy atom. The van der Waals surface area contributed by atoms with Crippen molar-refractivity contribution in [3.63, 3.8) is 0 Å². The molecule has 0 aromatic heterocycles. The second-order valence-corrected chi connectivity index (χ2v) is 4.73. The number of nitrogens with one attached hydrogen (secondary N) is 1. The van der Waals surface area contributed by atoms with Crippen LogP contribution in [0, 0.1) is 0 Å². The molecule has 0 fully saturated rings. The van der Waals surface area contributed by atoms with Gasteiger partial charge in [0.2, 0.25) is 0 Å². The standard InChI is InChI=1S/C14H13ClN2OS/c1-18-13-8-9(6-7-11(13)15)17-12-5-3-2-4-10(12)14(16)19/h2-8,17H,1H3,(H2,16,19). The SMILES string of the molecule is COc1cc(Nc2ccccc2C(N)=S)ccc1Cl. The molecule has 2 aromatic carbocycles. The van der Waals surface area contributed by atoms with Crippen LogP contribution in [0.4, 0.5) is 11.4 Å². The van der Waals surface area contributed by atoms with E-state index in [0.29, 0.717) is 15.8 Å². The number of halogens is 1. The van der Waals surface area contributed by atoms with Crippen molar-refractivity contribution in [2.24, 2.45) is 5.73 Å². The Hall–Kier alpha value is -1.78. The van der Waals surface area contributed by atoms with Gasteiger partial charge in [-0.15, -0.1) is 0 Å². The van der Waals surface area contributed by atoms with Crippen LogP contribution in [0.1, 0.15) is 5.56 Å². The molecule has 0 spiro atoms. The first-order chi connectivity index (χ1) is 9.11. The van der Waals surface area contributed by atoms with Gasteiger partial charge in [-0.1, -0.05) is 36.0 Å². The maximum Gasteiger partial charge on any atom is 0.139 e. The first kappa shape index (κ1) is 13.6. The number of benzene rings is 2. The second kappa shape index (κ2) is 5.91. The van der Waals surface area contributed by atoms with Crippen molar-refractivity contribution in [1.29, 1.82) is 0 Å². The number of thiocarbonyl (C=S) groups is 1. The number of ether oxygens (including phenoxy) is 1. The summed E-state index contributed by atoms with van der Waals surface area (Å²) in [6.45, 7) is 0. The van der Waals surface area contributed by atoms with Crippen LogP contribution < -0.4 is 15.8 Å². The minimum atomic E-state index is 0.351. The van der Waals surface area contributed by atoms with Crippen molar-refractivity contribution in [3.05, 3.63) is 53.1 Å². The van der Waals surface area contributed by atoms with Gasteiger partial charge < -0.3 is 15.8 Å². The highest BCUT2D eigenvalue weighted by molar-refractivity contribution is 7.80. The molecule has 3 nitrogen and oxygen atoms in total. The molecule has 0 aliphatic heterocycles. The molecule has 0 aliphatic rings. The minimum absolute atomic E-state index is 0.351. The average molecular weight is 293 g/mol. The van der Waals surface area contributed by atoms with Gasteiger partial charge in [0, 0.05) is 23.0 Å². The predicted molar refractivity (Wildman–Crippen MR) is 83.6 cm³/mol. The van der Waals surface area contributed by atoms with E-state index in [9.17, 15) is 0 Å². The number of hydrogen-bond donors (Lipinski definition) is 2. The Labute approximate surface area is 122 Å². The number of para-hydroxylation sites is 1. The van der Waals surface area contributed by atoms with Crippen LogP contribution in [0.15, 0.2) is 42.5 Å². The summed E-state index contributed by atoms with van der Waals surface area (Å²) in [5.41, 5.74) is 8.19. The quantitative estimate of drug-likeness (QED) is 0.843. The van der Waals surface area contributed by atoms with Crippen LogP contribution >= 0.6 is 23.8 Å². The van der Waals surface area contributed by atoms with E-state index in [-0.39, 0.29) is 0 Å². The zero-order valence-electron chi connectivity index (χ0n) is 10.3. The summed E-state index contributed by atoms with van der Waals surface area (Å²) in [4.78, 5) is 0.351. The van der Waals surface area contributed by atoms with E-state index in [4.69, 9.17) is 34.3 Å². The molecule has 0 saturated heterocycles. The van der Waals surface area contributed by atoms with Crippen molar-refractivity contribution in [1.82, 2.24) is 0 Å². The molecule has 0 amide bonds. The second-order valence-electron chi connectivity index (χ2n) is 3.88. The minimum Gasteiger partial charge on any atom is -0.495 e. The Bertz CT molecular complexity index is 616. The van der Waals surface area contributed by atoms with Gasteiger partial charge in [0.1, 0.15) is 10.7 Å². The molecular weight excluding hydrogens is 280 g/mol. The molecule has 0 saturated carbocycles. The first-order valence-corrected chi connectivity index (χ1v) is 6.40.